The smallest absolute Gasteiger partial charge is 0.305 e. The third kappa shape index (κ3) is 2.33. The second kappa shape index (κ2) is 5.51. The van der Waals surface area contributed by atoms with E-state index in [1.165, 1.54) is 10.1 Å². The van der Waals surface area contributed by atoms with Crippen molar-refractivity contribution < 1.29 is 0 Å². The topological polar surface area (TPSA) is 87.1 Å². The molecule has 0 amide bonds. The van der Waals surface area contributed by atoms with Crippen LogP contribution in [-0.4, -0.2) is 19.6 Å². The summed E-state index contributed by atoms with van der Waals surface area (Å²) >= 11 is 0. The molecule has 2 aromatic carbocycles. The summed E-state index contributed by atoms with van der Waals surface area (Å²) in [5, 5.41) is 5.31. The molecule has 0 radical (unpaired) electrons. The van der Waals surface area contributed by atoms with Gasteiger partial charge < -0.3 is 4.98 Å². The van der Waals surface area contributed by atoms with Crippen molar-refractivity contribution in [3.8, 4) is 0 Å². The van der Waals surface area contributed by atoms with Crippen LogP contribution in [0, 0.1) is 0 Å². The predicted molar refractivity (Wildman–Crippen MR) is 93.9 cm³/mol. The summed E-state index contributed by atoms with van der Waals surface area (Å²) in [6, 6.07) is 18.0. The minimum Gasteiger partial charge on any atom is -0.305 e. The van der Waals surface area contributed by atoms with E-state index in [0.717, 1.165) is 17.3 Å². The number of nitrogens with one attached hydrogen (secondary N) is 3. The maximum absolute atomic E-state index is 12.3. The molecular weight excluding hydrogens is 316 g/mol. The lowest BCUT2D eigenvalue weighted by Crippen LogP contribution is -2.27. The largest absolute Gasteiger partial charge is 0.348 e. The van der Waals surface area contributed by atoms with E-state index in [1.807, 2.05) is 42.5 Å². The van der Waals surface area contributed by atoms with Gasteiger partial charge in [0.1, 0.15) is 0 Å². The van der Waals surface area contributed by atoms with Gasteiger partial charge in [0.2, 0.25) is 0 Å². The monoisotopic (exact) mass is 332 g/mol. The fourth-order valence-electron chi connectivity index (χ4n) is 3.38. The summed E-state index contributed by atoms with van der Waals surface area (Å²) in [6.45, 7) is 0. The Bertz CT molecular complexity index is 1120. The van der Waals surface area contributed by atoms with Crippen LogP contribution in [-0.2, 0) is 0 Å². The maximum Gasteiger partial charge on any atom is 0.348 e. The molecule has 0 aliphatic carbocycles. The normalized spacial score (nSPS) is 20.5. The molecule has 2 unspecified atom stereocenters. The van der Waals surface area contributed by atoms with Crippen molar-refractivity contribution in [3.05, 3.63) is 76.5 Å². The van der Waals surface area contributed by atoms with E-state index < -0.39 is 0 Å². The van der Waals surface area contributed by atoms with Crippen molar-refractivity contribution in [2.45, 2.75) is 18.5 Å². The van der Waals surface area contributed by atoms with Gasteiger partial charge in [0.15, 0.2) is 11.5 Å². The molecule has 5 rings (SSSR count). The molecule has 2 aromatic heterocycles. The van der Waals surface area contributed by atoms with Crippen LogP contribution in [0.3, 0.4) is 0 Å². The van der Waals surface area contributed by atoms with Gasteiger partial charge >= 0.3 is 5.69 Å². The van der Waals surface area contributed by atoms with Gasteiger partial charge in [0.05, 0.1) is 11.6 Å². The third-order valence-corrected chi connectivity index (χ3v) is 4.64. The molecule has 0 spiro atoms. The number of benzene rings is 2. The van der Waals surface area contributed by atoms with Gasteiger partial charge in [-0.05, 0) is 24.1 Å². The highest BCUT2D eigenvalue weighted by molar-refractivity contribution is 5.90. The van der Waals surface area contributed by atoms with Gasteiger partial charge in [-0.2, -0.15) is 4.52 Å². The Kier molecular flexibility index (Phi) is 3.16. The van der Waals surface area contributed by atoms with E-state index in [0.29, 0.717) is 11.5 Å². The standard InChI is InChI=1S/C18H16N6O/c25-18-19-13-9-5-4-8-12(13)17-20-16(23-24(17)18)15-10-14(21-22-15)11-6-2-1-3-7-11/h1-9,14-15,21-22H,10H2,(H,19,25). The number of nitrogens with zero attached hydrogens (tertiary/aromatic N) is 3. The van der Waals surface area contributed by atoms with Crippen LogP contribution in [0.2, 0.25) is 0 Å². The zero-order chi connectivity index (χ0) is 16.8. The second-order valence-electron chi connectivity index (χ2n) is 6.22. The zero-order valence-electron chi connectivity index (χ0n) is 13.3. The first-order valence-corrected chi connectivity index (χ1v) is 8.23. The Morgan fingerprint density at radius 3 is 2.60 bits per heavy atom. The first-order chi connectivity index (χ1) is 12.3. The maximum atomic E-state index is 12.3. The number of H-pyrrole nitrogens is 1. The summed E-state index contributed by atoms with van der Waals surface area (Å²) in [6.07, 6.45) is 0.816. The predicted octanol–water partition coefficient (Wildman–Crippen LogP) is 1.85. The van der Waals surface area contributed by atoms with E-state index in [1.54, 1.807) is 0 Å². The van der Waals surface area contributed by atoms with E-state index in [4.69, 9.17) is 0 Å². The lowest BCUT2D eigenvalue weighted by atomic mass is 10.0. The summed E-state index contributed by atoms with van der Waals surface area (Å²) in [5.41, 5.74) is 8.82. The Morgan fingerprint density at radius 2 is 1.72 bits per heavy atom. The van der Waals surface area contributed by atoms with Crippen molar-refractivity contribution in [1.82, 2.24) is 30.4 Å². The molecule has 25 heavy (non-hydrogen) atoms. The lowest BCUT2D eigenvalue weighted by Gasteiger charge is -2.08. The van der Waals surface area contributed by atoms with Crippen LogP contribution in [0.4, 0.5) is 0 Å². The summed E-state index contributed by atoms with van der Waals surface area (Å²) < 4.78 is 1.34. The number of aromatic nitrogens is 4. The molecular formula is C18H16N6O. The van der Waals surface area contributed by atoms with Crippen molar-refractivity contribution in [1.29, 1.82) is 0 Å². The molecule has 7 heteroatoms. The van der Waals surface area contributed by atoms with E-state index >= 15 is 0 Å². The Morgan fingerprint density at radius 1 is 0.960 bits per heavy atom. The minimum atomic E-state index is -0.280. The van der Waals surface area contributed by atoms with Gasteiger partial charge in [0, 0.05) is 11.4 Å². The van der Waals surface area contributed by atoms with Crippen LogP contribution >= 0.6 is 0 Å². The Balaban J connectivity index is 1.55. The van der Waals surface area contributed by atoms with Gasteiger partial charge in [0.25, 0.3) is 0 Å². The lowest BCUT2D eigenvalue weighted by molar-refractivity contribution is 0.540. The highest BCUT2D eigenvalue weighted by atomic mass is 16.1. The fraction of sp³-hybridized carbons (Fsp3) is 0.167. The number of rotatable bonds is 2. The molecule has 4 aromatic rings. The van der Waals surface area contributed by atoms with Crippen LogP contribution in [0.5, 0.6) is 0 Å². The molecule has 0 saturated carbocycles. The average molecular weight is 332 g/mol. The molecule has 1 aliphatic rings. The molecule has 1 fully saturated rings. The third-order valence-electron chi connectivity index (χ3n) is 4.64. The second-order valence-corrected chi connectivity index (χ2v) is 6.22. The van der Waals surface area contributed by atoms with Crippen molar-refractivity contribution >= 4 is 16.6 Å². The molecule has 3 heterocycles. The SMILES string of the molecule is O=c1[nH]c2ccccc2c2nc(C3CC(c4ccccc4)NN3)nn12. The number of para-hydroxylation sites is 1. The minimum absolute atomic E-state index is 0.0525. The first-order valence-electron chi connectivity index (χ1n) is 8.23. The van der Waals surface area contributed by atoms with E-state index in [9.17, 15) is 4.79 Å². The molecule has 124 valence electrons. The van der Waals surface area contributed by atoms with Gasteiger partial charge in [-0.15, -0.1) is 5.10 Å². The van der Waals surface area contributed by atoms with Crippen LogP contribution in [0.1, 0.15) is 29.9 Å². The van der Waals surface area contributed by atoms with Crippen molar-refractivity contribution in [2.75, 3.05) is 0 Å². The average Bonchev–Trinajstić information content (AvgIpc) is 3.30. The number of fused-ring (bicyclic) bond motifs is 3. The number of aromatic amines is 1. The highest BCUT2D eigenvalue weighted by Gasteiger charge is 2.29. The summed E-state index contributed by atoms with van der Waals surface area (Å²) in [5.74, 6) is 0.618. The van der Waals surface area contributed by atoms with Crippen molar-refractivity contribution in [3.63, 3.8) is 0 Å². The summed E-state index contributed by atoms with van der Waals surface area (Å²) in [4.78, 5) is 19.8. The van der Waals surface area contributed by atoms with Gasteiger partial charge in [-0.1, -0.05) is 42.5 Å². The number of hydrogen-bond acceptors (Lipinski definition) is 5. The molecule has 3 N–H and O–H groups in total. The zero-order valence-corrected chi connectivity index (χ0v) is 13.3. The van der Waals surface area contributed by atoms with Crippen molar-refractivity contribution in [2.24, 2.45) is 0 Å². The molecule has 1 aliphatic heterocycles. The fourth-order valence-corrected chi connectivity index (χ4v) is 3.38. The quantitative estimate of drug-likeness (QED) is 0.521. The Labute approximate surface area is 142 Å². The molecule has 2 atom stereocenters. The molecule has 0 bridgehead atoms. The number of hydrazine groups is 1. The molecule has 7 nitrogen and oxygen atoms in total. The highest BCUT2D eigenvalue weighted by Crippen LogP contribution is 2.29. The van der Waals surface area contributed by atoms with E-state index in [2.05, 4.69) is 38.1 Å². The molecule has 1 saturated heterocycles. The van der Waals surface area contributed by atoms with Gasteiger partial charge in [-0.25, -0.2) is 20.6 Å². The van der Waals surface area contributed by atoms with Crippen LogP contribution in [0.25, 0.3) is 16.6 Å². The number of hydrogen-bond donors (Lipinski definition) is 3. The van der Waals surface area contributed by atoms with Crippen LogP contribution < -0.4 is 16.5 Å². The van der Waals surface area contributed by atoms with Gasteiger partial charge in [-0.3, -0.25) is 0 Å². The van der Waals surface area contributed by atoms with E-state index in [-0.39, 0.29) is 17.8 Å². The first kappa shape index (κ1) is 14.3. The van der Waals surface area contributed by atoms with Crippen LogP contribution in [0.15, 0.2) is 59.4 Å². The summed E-state index contributed by atoms with van der Waals surface area (Å²) in [7, 11) is 0. The Hall–Kier alpha value is -3.03.